The number of nitriles is 1. The van der Waals surface area contributed by atoms with E-state index >= 15 is 0 Å². The van der Waals surface area contributed by atoms with Crippen molar-refractivity contribution < 1.29 is 0 Å². The van der Waals surface area contributed by atoms with Crippen LogP contribution in [0, 0.1) is 11.3 Å². The first kappa shape index (κ1) is 16.6. The molecule has 4 heteroatoms. The third-order valence-electron chi connectivity index (χ3n) is 3.82. The number of nitrogens with zero attached hydrogens (tertiary/aromatic N) is 3. The van der Waals surface area contributed by atoms with Crippen molar-refractivity contribution in [1.29, 1.82) is 5.26 Å². The lowest BCUT2D eigenvalue weighted by molar-refractivity contribution is 0.458. The van der Waals surface area contributed by atoms with Crippen LogP contribution >= 0.6 is 0 Å². The normalized spacial score (nSPS) is 11.1. The molecule has 2 N–H and O–H groups in total. The van der Waals surface area contributed by atoms with Gasteiger partial charge in [-0.15, -0.1) is 0 Å². The number of rotatable bonds is 5. The molecule has 0 atom stereocenters. The minimum Gasteiger partial charge on any atom is -0.370 e. The van der Waals surface area contributed by atoms with Gasteiger partial charge in [0.25, 0.3) is 0 Å². The van der Waals surface area contributed by atoms with Crippen molar-refractivity contribution in [2.75, 3.05) is 13.1 Å². The second kappa shape index (κ2) is 8.00. The summed E-state index contributed by atoms with van der Waals surface area (Å²) in [6.45, 7) is 6.40. The molecule has 0 spiro atoms. The fraction of sp³-hybridized carbons (Fsp3) is 0.263. The van der Waals surface area contributed by atoms with Gasteiger partial charge in [0.15, 0.2) is 5.96 Å². The van der Waals surface area contributed by atoms with Gasteiger partial charge in [0.05, 0.1) is 18.2 Å². The summed E-state index contributed by atoms with van der Waals surface area (Å²) in [6.07, 6.45) is 0. The molecule has 0 heterocycles. The van der Waals surface area contributed by atoms with Crippen LogP contribution in [-0.2, 0) is 6.54 Å². The fourth-order valence-electron chi connectivity index (χ4n) is 2.44. The standard InChI is InChI=1S/C19H22N4/c1-3-23(4-2)19(21)22-14-15-9-11-16(12-10-15)18-8-6-5-7-17(18)13-20/h5-12H,3-4,14H2,1-2H3,(H2,21,22). The number of hydrogen-bond acceptors (Lipinski definition) is 2. The van der Waals surface area contributed by atoms with Crippen molar-refractivity contribution in [2.24, 2.45) is 10.7 Å². The van der Waals surface area contributed by atoms with E-state index in [1.54, 1.807) is 0 Å². The Bertz CT molecular complexity index is 707. The molecule has 2 rings (SSSR count). The summed E-state index contributed by atoms with van der Waals surface area (Å²) in [5.41, 5.74) is 9.75. The van der Waals surface area contributed by atoms with E-state index in [9.17, 15) is 5.26 Å². The van der Waals surface area contributed by atoms with E-state index in [4.69, 9.17) is 5.73 Å². The molecule has 0 saturated heterocycles. The molecule has 0 amide bonds. The lowest BCUT2D eigenvalue weighted by Crippen LogP contribution is -2.37. The summed E-state index contributed by atoms with van der Waals surface area (Å²) < 4.78 is 0. The Morgan fingerprint density at radius 1 is 1.09 bits per heavy atom. The van der Waals surface area contributed by atoms with Crippen molar-refractivity contribution in [3.05, 3.63) is 59.7 Å². The van der Waals surface area contributed by atoms with Crippen LogP contribution in [0.5, 0.6) is 0 Å². The number of guanidine groups is 1. The van der Waals surface area contributed by atoms with Gasteiger partial charge in [-0.3, -0.25) is 0 Å². The Kier molecular flexibility index (Phi) is 5.76. The molecule has 2 aromatic rings. The first-order valence-corrected chi connectivity index (χ1v) is 7.82. The molecule has 0 aliphatic carbocycles. The molecular formula is C19H22N4. The Hall–Kier alpha value is -2.80. The van der Waals surface area contributed by atoms with Gasteiger partial charge in [-0.1, -0.05) is 42.5 Å². The van der Waals surface area contributed by atoms with E-state index in [1.165, 1.54) is 0 Å². The zero-order chi connectivity index (χ0) is 16.7. The van der Waals surface area contributed by atoms with E-state index in [-0.39, 0.29) is 0 Å². The minimum absolute atomic E-state index is 0.558. The predicted molar refractivity (Wildman–Crippen MR) is 94.8 cm³/mol. The molecule has 0 saturated carbocycles. The van der Waals surface area contributed by atoms with Gasteiger partial charge < -0.3 is 10.6 Å². The van der Waals surface area contributed by atoms with Crippen molar-refractivity contribution >= 4 is 5.96 Å². The first-order chi connectivity index (χ1) is 11.2. The summed E-state index contributed by atoms with van der Waals surface area (Å²) in [4.78, 5) is 6.47. The predicted octanol–water partition coefficient (Wildman–Crippen LogP) is 3.38. The van der Waals surface area contributed by atoms with Gasteiger partial charge in [-0.25, -0.2) is 4.99 Å². The summed E-state index contributed by atoms with van der Waals surface area (Å²) in [5, 5.41) is 9.19. The largest absolute Gasteiger partial charge is 0.370 e. The Morgan fingerprint density at radius 2 is 1.74 bits per heavy atom. The van der Waals surface area contributed by atoms with E-state index in [1.807, 2.05) is 53.4 Å². The molecule has 118 valence electrons. The summed E-state index contributed by atoms with van der Waals surface area (Å²) in [5.74, 6) is 0.578. The monoisotopic (exact) mass is 306 g/mol. The van der Waals surface area contributed by atoms with Crippen LogP contribution in [0.15, 0.2) is 53.5 Å². The van der Waals surface area contributed by atoms with Gasteiger partial charge in [-0.2, -0.15) is 5.26 Å². The van der Waals surface area contributed by atoms with Gasteiger partial charge in [0, 0.05) is 13.1 Å². The molecule has 0 unspecified atom stereocenters. The van der Waals surface area contributed by atoms with Crippen LogP contribution < -0.4 is 5.73 Å². The summed E-state index contributed by atoms with van der Waals surface area (Å²) >= 11 is 0. The number of benzene rings is 2. The van der Waals surface area contributed by atoms with Crippen LogP contribution in [0.25, 0.3) is 11.1 Å². The quantitative estimate of drug-likeness (QED) is 0.680. The number of hydrogen-bond donors (Lipinski definition) is 1. The zero-order valence-electron chi connectivity index (χ0n) is 13.7. The third-order valence-corrected chi connectivity index (χ3v) is 3.82. The minimum atomic E-state index is 0.558. The van der Waals surface area contributed by atoms with Gasteiger partial charge >= 0.3 is 0 Å². The summed E-state index contributed by atoms with van der Waals surface area (Å²) in [7, 11) is 0. The van der Waals surface area contributed by atoms with Crippen LogP contribution in [0.1, 0.15) is 25.0 Å². The van der Waals surface area contributed by atoms with Crippen LogP contribution in [0.3, 0.4) is 0 Å². The van der Waals surface area contributed by atoms with Crippen molar-refractivity contribution in [1.82, 2.24) is 4.90 Å². The van der Waals surface area contributed by atoms with Crippen molar-refractivity contribution in [2.45, 2.75) is 20.4 Å². The average Bonchev–Trinajstić information content (AvgIpc) is 2.61. The first-order valence-electron chi connectivity index (χ1n) is 7.82. The Balaban J connectivity index is 2.14. The van der Waals surface area contributed by atoms with Crippen LogP contribution in [0.2, 0.25) is 0 Å². The molecule has 0 aliphatic heterocycles. The SMILES string of the molecule is CCN(CC)C(N)=NCc1ccc(-c2ccccc2C#N)cc1. The highest BCUT2D eigenvalue weighted by atomic mass is 15.2. The second-order valence-corrected chi connectivity index (χ2v) is 5.20. The average molecular weight is 306 g/mol. The highest BCUT2D eigenvalue weighted by molar-refractivity contribution is 5.78. The molecule has 23 heavy (non-hydrogen) atoms. The van der Waals surface area contributed by atoms with E-state index < -0.39 is 0 Å². The third kappa shape index (κ3) is 4.10. The molecule has 0 bridgehead atoms. The molecule has 2 aromatic carbocycles. The number of aliphatic imine (C=N–C) groups is 1. The molecule has 0 aromatic heterocycles. The number of nitrogens with two attached hydrogens (primary N) is 1. The van der Waals surface area contributed by atoms with Crippen molar-refractivity contribution in [3.63, 3.8) is 0 Å². The lowest BCUT2D eigenvalue weighted by Gasteiger charge is -2.19. The lowest BCUT2D eigenvalue weighted by atomic mass is 9.99. The van der Waals surface area contributed by atoms with E-state index in [0.717, 1.165) is 29.8 Å². The Labute approximate surface area is 137 Å². The molecular weight excluding hydrogens is 284 g/mol. The maximum absolute atomic E-state index is 9.19. The van der Waals surface area contributed by atoms with Crippen LogP contribution in [-0.4, -0.2) is 23.9 Å². The molecule has 0 radical (unpaired) electrons. The zero-order valence-corrected chi connectivity index (χ0v) is 13.7. The summed E-state index contributed by atoms with van der Waals surface area (Å²) in [6, 6.07) is 17.9. The molecule has 4 nitrogen and oxygen atoms in total. The van der Waals surface area contributed by atoms with Gasteiger partial charge in [-0.05, 0) is 36.6 Å². The van der Waals surface area contributed by atoms with Crippen LogP contribution in [0.4, 0.5) is 0 Å². The molecule has 0 aliphatic rings. The topological polar surface area (TPSA) is 65.4 Å². The van der Waals surface area contributed by atoms with Gasteiger partial charge in [0.2, 0.25) is 0 Å². The fourth-order valence-corrected chi connectivity index (χ4v) is 2.44. The second-order valence-electron chi connectivity index (χ2n) is 5.20. The van der Waals surface area contributed by atoms with E-state index in [0.29, 0.717) is 18.1 Å². The van der Waals surface area contributed by atoms with Gasteiger partial charge in [0.1, 0.15) is 0 Å². The Morgan fingerprint density at radius 3 is 2.35 bits per heavy atom. The van der Waals surface area contributed by atoms with Crippen molar-refractivity contribution in [3.8, 4) is 17.2 Å². The smallest absolute Gasteiger partial charge is 0.191 e. The maximum Gasteiger partial charge on any atom is 0.191 e. The highest BCUT2D eigenvalue weighted by Gasteiger charge is 2.04. The molecule has 0 fully saturated rings. The highest BCUT2D eigenvalue weighted by Crippen LogP contribution is 2.23. The maximum atomic E-state index is 9.19. The van der Waals surface area contributed by atoms with E-state index in [2.05, 4.69) is 24.9 Å².